The highest BCUT2D eigenvalue weighted by Crippen LogP contribution is 2.50. The van der Waals surface area contributed by atoms with Gasteiger partial charge >= 0.3 is 0 Å². The van der Waals surface area contributed by atoms with Crippen molar-refractivity contribution in [1.82, 2.24) is 0 Å². The molecule has 0 fully saturated rings. The van der Waals surface area contributed by atoms with E-state index in [1.807, 2.05) is 42.5 Å². The van der Waals surface area contributed by atoms with Gasteiger partial charge in [0.2, 0.25) is 0 Å². The summed E-state index contributed by atoms with van der Waals surface area (Å²) >= 11 is 0. The lowest BCUT2D eigenvalue weighted by Crippen LogP contribution is -2.56. The van der Waals surface area contributed by atoms with Gasteiger partial charge in [-0.05, 0) is 81.7 Å². The van der Waals surface area contributed by atoms with Crippen molar-refractivity contribution in [3.8, 4) is 56.8 Å². The van der Waals surface area contributed by atoms with Gasteiger partial charge in [-0.15, -0.1) is 0 Å². The normalized spacial score (nSPS) is 13.3. The van der Waals surface area contributed by atoms with Gasteiger partial charge in [-0.3, -0.25) is 0 Å². The van der Waals surface area contributed by atoms with Crippen molar-refractivity contribution in [2.45, 2.75) is 13.1 Å². The molecule has 4 nitrogen and oxygen atoms in total. The Morgan fingerprint density at radius 3 is 1.65 bits per heavy atom. The highest BCUT2D eigenvalue weighted by molar-refractivity contribution is 7.01. The van der Waals surface area contributed by atoms with Gasteiger partial charge in [0, 0.05) is 16.9 Å². The molecule has 2 aliphatic rings. The van der Waals surface area contributed by atoms with E-state index >= 15 is 0 Å². The number of hydrogen-bond donors (Lipinski definition) is 0. The van der Waals surface area contributed by atoms with Crippen LogP contribution in [-0.4, -0.2) is 8.07 Å². The summed E-state index contributed by atoms with van der Waals surface area (Å²) in [7, 11) is -2.03. The Hall–Kier alpha value is -6.04. The molecule has 0 unspecified atom stereocenters. The van der Waals surface area contributed by atoms with Crippen molar-refractivity contribution in [3.63, 3.8) is 0 Å². The molecule has 0 aromatic heterocycles. The zero-order valence-electron chi connectivity index (χ0n) is 27.3. The number of benzene rings is 7. The third-order valence-electron chi connectivity index (χ3n) is 9.61. The lowest BCUT2D eigenvalue weighted by Gasteiger charge is -2.36. The molecule has 0 bridgehead atoms. The molecule has 0 radical (unpaired) electrons. The zero-order valence-corrected chi connectivity index (χ0v) is 28.3. The maximum atomic E-state index is 6.81. The molecule has 0 N–H and O–H groups in total. The number of para-hydroxylation sites is 5. The average molecular weight is 652 g/mol. The van der Waals surface area contributed by atoms with Gasteiger partial charge in [-0.1, -0.05) is 122 Å². The molecule has 49 heavy (non-hydrogen) atoms. The third-order valence-corrected chi connectivity index (χ3v) is 13.1. The Kier molecular flexibility index (Phi) is 6.88. The molecule has 7 aromatic rings. The summed E-state index contributed by atoms with van der Waals surface area (Å²) in [6, 6.07) is 56.9. The van der Waals surface area contributed by atoms with E-state index in [1.165, 1.54) is 21.5 Å². The van der Waals surface area contributed by atoms with Crippen LogP contribution in [0.4, 0.5) is 17.1 Å². The molecule has 236 valence electrons. The van der Waals surface area contributed by atoms with E-state index < -0.39 is 8.07 Å². The number of rotatable bonds is 5. The summed E-state index contributed by atoms with van der Waals surface area (Å²) in [5.74, 6) is 4.74. The number of nitrogens with zero attached hydrogens (tertiary/aromatic N) is 1. The maximum Gasteiger partial charge on any atom is 0.177 e. The van der Waals surface area contributed by atoms with Crippen LogP contribution in [0, 0.1) is 0 Å². The molecule has 0 aliphatic carbocycles. The Morgan fingerprint density at radius 2 is 0.918 bits per heavy atom. The summed E-state index contributed by atoms with van der Waals surface area (Å²) < 4.78 is 19.4. The molecule has 9 rings (SSSR count). The van der Waals surface area contributed by atoms with Crippen molar-refractivity contribution in [2.24, 2.45) is 0 Å². The van der Waals surface area contributed by atoms with E-state index in [4.69, 9.17) is 14.2 Å². The van der Waals surface area contributed by atoms with Gasteiger partial charge in [-0.25, -0.2) is 0 Å². The zero-order chi connectivity index (χ0) is 33.0. The van der Waals surface area contributed by atoms with Gasteiger partial charge in [0.25, 0.3) is 0 Å². The molecule has 0 saturated carbocycles. The quantitative estimate of drug-likeness (QED) is 0.173. The standard InChI is InChI=1S/C44H33NO3Si/c1-49(2)41-20-9-8-18-39(41)48-44-36(15-11-21-42(44)49)45(33-26-22-31(23-27-33)30-12-4-3-5-13-30)34-28-24-32(25-29-34)35-14-10-19-40-43(35)47-38-17-7-6-16-37(38)46-40/h3-29H,1-2H3. The van der Waals surface area contributed by atoms with Crippen LogP contribution in [0.3, 0.4) is 0 Å². The molecule has 0 spiro atoms. The molecule has 5 heteroatoms. The van der Waals surface area contributed by atoms with Crippen molar-refractivity contribution < 1.29 is 14.2 Å². The first-order valence-electron chi connectivity index (χ1n) is 16.6. The van der Waals surface area contributed by atoms with Crippen molar-refractivity contribution in [3.05, 3.63) is 164 Å². The molecule has 0 saturated heterocycles. The predicted octanol–water partition coefficient (Wildman–Crippen LogP) is 11.3. The summed E-state index contributed by atoms with van der Waals surface area (Å²) in [6.07, 6.45) is 0. The Labute approximate surface area is 287 Å². The monoisotopic (exact) mass is 651 g/mol. The number of anilines is 3. The first-order chi connectivity index (χ1) is 24.0. The largest absolute Gasteiger partial charge is 0.455 e. The van der Waals surface area contributed by atoms with Crippen LogP contribution in [0.1, 0.15) is 0 Å². The Morgan fingerprint density at radius 1 is 0.388 bits per heavy atom. The maximum absolute atomic E-state index is 6.81. The molecule has 2 aliphatic heterocycles. The fraction of sp³-hybridized carbons (Fsp3) is 0.0455. The van der Waals surface area contributed by atoms with E-state index in [1.54, 1.807) is 0 Å². The van der Waals surface area contributed by atoms with Gasteiger partial charge in [0.15, 0.2) is 28.7 Å². The summed E-state index contributed by atoms with van der Waals surface area (Å²) in [6.45, 7) is 4.82. The summed E-state index contributed by atoms with van der Waals surface area (Å²) in [4.78, 5) is 2.31. The highest BCUT2D eigenvalue weighted by Gasteiger charge is 2.38. The van der Waals surface area contributed by atoms with Gasteiger partial charge in [-0.2, -0.15) is 0 Å². The van der Waals surface area contributed by atoms with Crippen molar-refractivity contribution >= 4 is 35.5 Å². The molecule has 0 atom stereocenters. The Bertz CT molecular complexity index is 2330. The second-order valence-corrected chi connectivity index (χ2v) is 17.3. The molecule has 7 aromatic carbocycles. The highest BCUT2D eigenvalue weighted by atomic mass is 28.3. The third kappa shape index (κ3) is 4.98. The van der Waals surface area contributed by atoms with Crippen LogP contribution in [0.15, 0.2) is 164 Å². The molecular formula is C44H33NO3Si. The SMILES string of the molecule is C[Si]1(C)c2ccccc2Oc2c(N(c3ccc(-c4ccccc4)cc3)c3ccc(-c4cccc5c4Oc4ccccc4O5)cc3)cccc21. The van der Waals surface area contributed by atoms with E-state index in [-0.39, 0.29) is 0 Å². The van der Waals surface area contributed by atoms with Crippen LogP contribution in [0.5, 0.6) is 34.5 Å². The van der Waals surface area contributed by atoms with Gasteiger partial charge in [0.05, 0.1) is 5.69 Å². The smallest absolute Gasteiger partial charge is 0.177 e. The minimum atomic E-state index is -2.03. The van der Waals surface area contributed by atoms with Crippen LogP contribution in [-0.2, 0) is 0 Å². The minimum Gasteiger partial charge on any atom is -0.455 e. The summed E-state index contributed by atoms with van der Waals surface area (Å²) in [5.41, 5.74) is 7.46. The van der Waals surface area contributed by atoms with Crippen molar-refractivity contribution in [1.29, 1.82) is 0 Å². The van der Waals surface area contributed by atoms with E-state index in [2.05, 4.69) is 139 Å². The second kappa shape index (κ2) is 11.6. The summed E-state index contributed by atoms with van der Waals surface area (Å²) in [5, 5.41) is 2.61. The van der Waals surface area contributed by atoms with Gasteiger partial charge < -0.3 is 19.1 Å². The lowest BCUT2D eigenvalue weighted by molar-refractivity contribution is 0.361. The minimum absolute atomic E-state index is 0.709. The molecule has 2 heterocycles. The number of hydrogen-bond acceptors (Lipinski definition) is 4. The fourth-order valence-corrected chi connectivity index (χ4v) is 9.87. The topological polar surface area (TPSA) is 30.9 Å². The van der Waals surface area contributed by atoms with Crippen LogP contribution in [0.2, 0.25) is 13.1 Å². The number of fused-ring (bicyclic) bond motifs is 4. The molecule has 0 amide bonds. The van der Waals surface area contributed by atoms with Gasteiger partial charge in [0.1, 0.15) is 13.8 Å². The number of ether oxygens (including phenoxy) is 3. The van der Waals surface area contributed by atoms with E-state index in [0.29, 0.717) is 11.5 Å². The van der Waals surface area contributed by atoms with E-state index in [0.717, 1.165) is 51.2 Å². The van der Waals surface area contributed by atoms with Crippen LogP contribution >= 0.6 is 0 Å². The first-order valence-corrected chi connectivity index (χ1v) is 19.6. The molecular weight excluding hydrogens is 619 g/mol. The lowest BCUT2D eigenvalue weighted by atomic mass is 10.0. The van der Waals surface area contributed by atoms with Crippen molar-refractivity contribution in [2.75, 3.05) is 4.90 Å². The van der Waals surface area contributed by atoms with Crippen LogP contribution in [0.25, 0.3) is 22.3 Å². The van der Waals surface area contributed by atoms with E-state index in [9.17, 15) is 0 Å². The fourth-order valence-electron chi connectivity index (χ4n) is 7.05. The van der Waals surface area contributed by atoms with Crippen LogP contribution < -0.4 is 29.5 Å². The second-order valence-electron chi connectivity index (χ2n) is 13.0. The Balaban J connectivity index is 1.15. The predicted molar refractivity (Wildman–Crippen MR) is 202 cm³/mol. The average Bonchev–Trinajstić information content (AvgIpc) is 3.15. The first kappa shape index (κ1) is 29.1.